The molecule has 2 saturated heterocycles. The molecule has 1 amide bonds. The van der Waals surface area contributed by atoms with Crippen molar-refractivity contribution in [2.24, 2.45) is 5.41 Å². The van der Waals surface area contributed by atoms with E-state index in [1.807, 2.05) is 0 Å². The number of rotatable bonds is 2. The van der Waals surface area contributed by atoms with Gasteiger partial charge in [0.15, 0.2) is 0 Å². The SMILES string of the molecule is CCN1CCN(C(=O)C2(C)CCCNC2)CC1C. The van der Waals surface area contributed by atoms with Gasteiger partial charge in [0.1, 0.15) is 0 Å². The predicted molar refractivity (Wildman–Crippen MR) is 73.5 cm³/mol. The number of piperazine rings is 1. The highest BCUT2D eigenvalue weighted by atomic mass is 16.2. The summed E-state index contributed by atoms with van der Waals surface area (Å²) in [6.07, 6.45) is 2.15. The molecule has 0 bridgehead atoms. The third-order valence-corrected chi connectivity index (χ3v) is 4.57. The van der Waals surface area contributed by atoms with Gasteiger partial charge in [0.25, 0.3) is 0 Å². The lowest BCUT2D eigenvalue weighted by Crippen LogP contribution is -2.58. The first-order valence-electron chi connectivity index (χ1n) is 7.31. The van der Waals surface area contributed by atoms with E-state index in [4.69, 9.17) is 0 Å². The summed E-state index contributed by atoms with van der Waals surface area (Å²) in [5.74, 6) is 0.359. The second-order valence-corrected chi connectivity index (χ2v) is 6.07. The molecule has 0 spiro atoms. The zero-order valence-electron chi connectivity index (χ0n) is 12.0. The Morgan fingerprint density at radius 1 is 1.44 bits per heavy atom. The molecule has 4 heteroatoms. The fourth-order valence-corrected chi connectivity index (χ4v) is 3.27. The normalized spacial score (nSPS) is 34.6. The lowest BCUT2D eigenvalue weighted by atomic mass is 9.81. The van der Waals surface area contributed by atoms with Crippen molar-refractivity contribution in [1.29, 1.82) is 0 Å². The topological polar surface area (TPSA) is 35.6 Å². The molecule has 2 rings (SSSR count). The van der Waals surface area contributed by atoms with Gasteiger partial charge in [-0.05, 0) is 39.8 Å². The Balaban J connectivity index is 1.97. The van der Waals surface area contributed by atoms with Crippen molar-refractivity contribution in [2.45, 2.75) is 39.7 Å². The molecule has 0 radical (unpaired) electrons. The third-order valence-electron chi connectivity index (χ3n) is 4.57. The Morgan fingerprint density at radius 2 is 2.22 bits per heavy atom. The Morgan fingerprint density at radius 3 is 2.78 bits per heavy atom. The van der Waals surface area contributed by atoms with Gasteiger partial charge in [-0.25, -0.2) is 0 Å². The molecular formula is C14H27N3O. The van der Waals surface area contributed by atoms with E-state index < -0.39 is 0 Å². The number of nitrogens with one attached hydrogen (secondary N) is 1. The zero-order chi connectivity index (χ0) is 13.2. The molecule has 0 aromatic rings. The van der Waals surface area contributed by atoms with E-state index in [0.29, 0.717) is 11.9 Å². The number of likely N-dealkylation sites (N-methyl/N-ethyl adjacent to an activating group) is 1. The minimum atomic E-state index is -0.174. The van der Waals surface area contributed by atoms with Crippen molar-refractivity contribution in [2.75, 3.05) is 39.3 Å². The number of hydrogen-bond donors (Lipinski definition) is 1. The first-order valence-corrected chi connectivity index (χ1v) is 7.31. The maximum atomic E-state index is 12.7. The number of piperidine rings is 1. The van der Waals surface area contributed by atoms with Crippen molar-refractivity contribution in [3.05, 3.63) is 0 Å². The summed E-state index contributed by atoms with van der Waals surface area (Å²) in [5.41, 5.74) is -0.174. The number of amides is 1. The molecule has 1 N–H and O–H groups in total. The van der Waals surface area contributed by atoms with E-state index in [1.54, 1.807) is 0 Å². The second-order valence-electron chi connectivity index (χ2n) is 6.07. The van der Waals surface area contributed by atoms with Gasteiger partial charge >= 0.3 is 0 Å². The van der Waals surface area contributed by atoms with Crippen LogP contribution in [0.5, 0.6) is 0 Å². The third kappa shape index (κ3) is 2.69. The van der Waals surface area contributed by atoms with E-state index in [0.717, 1.165) is 52.1 Å². The molecule has 0 aromatic carbocycles. The molecule has 0 aromatic heterocycles. The molecule has 2 heterocycles. The predicted octanol–water partition coefficient (Wildman–Crippen LogP) is 0.929. The summed E-state index contributed by atoms with van der Waals surface area (Å²) >= 11 is 0. The monoisotopic (exact) mass is 253 g/mol. The van der Waals surface area contributed by atoms with Gasteiger partial charge in [0, 0.05) is 32.2 Å². The maximum Gasteiger partial charge on any atom is 0.229 e. The van der Waals surface area contributed by atoms with E-state index in [9.17, 15) is 4.79 Å². The summed E-state index contributed by atoms with van der Waals surface area (Å²) in [6.45, 7) is 12.3. The summed E-state index contributed by atoms with van der Waals surface area (Å²) < 4.78 is 0. The highest BCUT2D eigenvalue weighted by molar-refractivity contribution is 5.83. The van der Waals surface area contributed by atoms with Gasteiger partial charge in [-0.3, -0.25) is 9.69 Å². The van der Waals surface area contributed by atoms with Crippen LogP contribution in [0.1, 0.15) is 33.6 Å². The number of nitrogens with zero attached hydrogens (tertiary/aromatic N) is 2. The number of carbonyl (C=O) groups excluding carboxylic acids is 1. The van der Waals surface area contributed by atoms with E-state index >= 15 is 0 Å². The van der Waals surface area contributed by atoms with Crippen LogP contribution in [0.15, 0.2) is 0 Å². The van der Waals surface area contributed by atoms with Crippen molar-refractivity contribution in [3.63, 3.8) is 0 Å². The minimum Gasteiger partial charge on any atom is -0.339 e. The first-order chi connectivity index (χ1) is 8.57. The van der Waals surface area contributed by atoms with Crippen LogP contribution < -0.4 is 5.32 Å². The molecule has 4 nitrogen and oxygen atoms in total. The van der Waals surface area contributed by atoms with Crippen LogP contribution in [0.4, 0.5) is 0 Å². The van der Waals surface area contributed by atoms with E-state index in [1.165, 1.54) is 0 Å². The number of carbonyl (C=O) groups is 1. The fraction of sp³-hybridized carbons (Fsp3) is 0.929. The molecule has 2 atom stereocenters. The lowest BCUT2D eigenvalue weighted by Gasteiger charge is -2.44. The van der Waals surface area contributed by atoms with Crippen LogP contribution in [0.3, 0.4) is 0 Å². The summed E-state index contributed by atoms with van der Waals surface area (Å²) in [6, 6.07) is 0.493. The van der Waals surface area contributed by atoms with Crippen molar-refractivity contribution in [3.8, 4) is 0 Å². The molecule has 2 aliphatic heterocycles. The van der Waals surface area contributed by atoms with Crippen LogP contribution in [0, 0.1) is 5.41 Å². The standard InChI is InChI=1S/C14H27N3O/c1-4-16-8-9-17(10-12(16)2)13(18)14(3)6-5-7-15-11-14/h12,15H,4-11H2,1-3H3. The molecule has 104 valence electrons. The van der Waals surface area contributed by atoms with Gasteiger partial charge in [0.2, 0.25) is 5.91 Å². The summed E-state index contributed by atoms with van der Waals surface area (Å²) in [4.78, 5) is 17.2. The molecule has 18 heavy (non-hydrogen) atoms. The van der Waals surface area contributed by atoms with Gasteiger partial charge < -0.3 is 10.2 Å². The van der Waals surface area contributed by atoms with E-state index in [-0.39, 0.29) is 5.41 Å². The van der Waals surface area contributed by atoms with Crippen molar-refractivity contribution >= 4 is 5.91 Å². The number of hydrogen-bond acceptors (Lipinski definition) is 3. The molecule has 2 unspecified atom stereocenters. The minimum absolute atomic E-state index is 0.174. The smallest absolute Gasteiger partial charge is 0.229 e. The second kappa shape index (κ2) is 5.57. The quantitative estimate of drug-likeness (QED) is 0.795. The van der Waals surface area contributed by atoms with Gasteiger partial charge in [-0.15, -0.1) is 0 Å². The Kier molecular flexibility index (Phi) is 4.28. The largest absolute Gasteiger partial charge is 0.339 e. The molecule has 2 aliphatic rings. The average molecular weight is 253 g/mol. The Hall–Kier alpha value is -0.610. The fourth-order valence-electron chi connectivity index (χ4n) is 3.27. The Labute approximate surface area is 111 Å². The maximum absolute atomic E-state index is 12.7. The highest BCUT2D eigenvalue weighted by Gasteiger charge is 2.39. The zero-order valence-corrected chi connectivity index (χ0v) is 12.0. The van der Waals surface area contributed by atoms with Crippen molar-refractivity contribution in [1.82, 2.24) is 15.1 Å². The van der Waals surface area contributed by atoms with Crippen LogP contribution in [0.25, 0.3) is 0 Å². The lowest BCUT2D eigenvalue weighted by molar-refractivity contribution is -0.145. The van der Waals surface area contributed by atoms with Crippen LogP contribution >= 0.6 is 0 Å². The van der Waals surface area contributed by atoms with Crippen LogP contribution in [-0.2, 0) is 4.79 Å². The highest BCUT2D eigenvalue weighted by Crippen LogP contribution is 2.29. The average Bonchev–Trinajstić information content (AvgIpc) is 2.38. The summed E-state index contributed by atoms with van der Waals surface area (Å²) in [7, 11) is 0. The van der Waals surface area contributed by atoms with Gasteiger partial charge in [0.05, 0.1) is 5.41 Å². The van der Waals surface area contributed by atoms with E-state index in [2.05, 4.69) is 35.9 Å². The van der Waals surface area contributed by atoms with Gasteiger partial charge in [-0.1, -0.05) is 6.92 Å². The van der Waals surface area contributed by atoms with Crippen LogP contribution in [-0.4, -0.2) is 61.0 Å². The van der Waals surface area contributed by atoms with Crippen LogP contribution in [0.2, 0.25) is 0 Å². The van der Waals surface area contributed by atoms with Gasteiger partial charge in [-0.2, -0.15) is 0 Å². The first kappa shape index (κ1) is 13.8. The summed E-state index contributed by atoms with van der Waals surface area (Å²) in [5, 5.41) is 3.37. The molecule has 0 saturated carbocycles. The Bertz CT molecular complexity index is 299. The molecule has 2 fully saturated rings. The molecule has 0 aliphatic carbocycles. The van der Waals surface area contributed by atoms with Crippen molar-refractivity contribution < 1.29 is 4.79 Å². The molecular weight excluding hydrogens is 226 g/mol.